The average Bonchev–Trinajstić information content (AvgIpc) is 3.64. The average molecular weight is 690 g/mol. The van der Waals surface area contributed by atoms with Crippen LogP contribution in [0.1, 0.15) is 34.1 Å². The Kier molecular flexibility index (Phi) is 13.5. The molecule has 0 N–H and O–H groups in total. The Bertz CT molecular complexity index is 1290. The smallest absolute Gasteiger partial charge is 0.275 e. The van der Waals surface area contributed by atoms with Gasteiger partial charge in [-0.2, -0.15) is 0 Å². The minimum atomic E-state index is -1.93. The summed E-state index contributed by atoms with van der Waals surface area (Å²) in [6.07, 6.45) is 14.2. The van der Waals surface area contributed by atoms with Crippen LogP contribution in [0.4, 0.5) is 0 Å². The van der Waals surface area contributed by atoms with Crippen LogP contribution in [0.2, 0.25) is 26.2 Å². The number of hydrogen-bond acceptors (Lipinski definition) is 2. The van der Waals surface area contributed by atoms with E-state index in [1.807, 2.05) is 0 Å². The first-order valence-electron chi connectivity index (χ1n) is 14.4. The molecular formula is C31H46Cl2N4O2Si4. The molecule has 0 aliphatic heterocycles. The van der Waals surface area contributed by atoms with Crippen LogP contribution < -0.4 is 44.3 Å². The number of halogens is 2. The molecule has 2 heterocycles. The topological polar surface area (TPSA) is 36.1 Å². The van der Waals surface area contributed by atoms with Gasteiger partial charge < -0.3 is 33.0 Å². The summed E-state index contributed by atoms with van der Waals surface area (Å²) in [5, 5.41) is 2.49. The Morgan fingerprint density at radius 1 is 0.628 bits per heavy atom. The third-order valence-corrected chi connectivity index (χ3v) is 17.4. The number of rotatable bonds is 14. The largest absolute Gasteiger partial charge is 1.00 e. The molecule has 12 heteroatoms. The normalized spacial score (nSPS) is 12.5. The summed E-state index contributed by atoms with van der Waals surface area (Å²) in [6, 6.07) is 21.3. The summed E-state index contributed by atoms with van der Waals surface area (Å²) in [6.45, 7) is 20.1. The molecule has 6 nitrogen and oxygen atoms in total. The van der Waals surface area contributed by atoms with E-state index in [-0.39, 0.29) is 35.1 Å². The Hall–Kier alpha value is -1.77. The first kappa shape index (κ1) is 37.4. The van der Waals surface area contributed by atoms with Gasteiger partial charge >= 0.3 is 0 Å². The number of aryl methyl sites for hydroxylation is 2. The van der Waals surface area contributed by atoms with Gasteiger partial charge in [0.15, 0.2) is 0 Å². The van der Waals surface area contributed by atoms with Gasteiger partial charge in [-0.3, -0.25) is 0 Å². The Morgan fingerprint density at radius 3 is 1.33 bits per heavy atom. The van der Waals surface area contributed by atoms with Crippen molar-refractivity contribution in [1.29, 1.82) is 0 Å². The van der Waals surface area contributed by atoms with Crippen molar-refractivity contribution in [2.75, 3.05) is 0 Å². The van der Waals surface area contributed by atoms with Crippen molar-refractivity contribution in [3.63, 3.8) is 0 Å². The van der Waals surface area contributed by atoms with Crippen molar-refractivity contribution >= 4 is 46.5 Å². The summed E-state index contributed by atoms with van der Waals surface area (Å²) in [4.78, 5) is 0. The molecule has 0 aliphatic rings. The zero-order valence-corrected chi connectivity index (χ0v) is 32.2. The second-order valence-electron chi connectivity index (χ2n) is 12.7. The summed E-state index contributed by atoms with van der Waals surface area (Å²) >= 11 is 0. The molecule has 4 radical (unpaired) electrons. The van der Waals surface area contributed by atoms with Crippen LogP contribution in [0.5, 0.6) is 0 Å². The van der Waals surface area contributed by atoms with Crippen molar-refractivity contribution in [3.05, 3.63) is 98.1 Å². The quantitative estimate of drug-likeness (QED) is 0.112. The zero-order chi connectivity index (χ0) is 29.7. The highest BCUT2D eigenvalue weighted by molar-refractivity contribution is 6.87. The van der Waals surface area contributed by atoms with Gasteiger partial charge in [0.2, 0.25) is 29.3 Å². The molecular weight excluding hydrogens is 644 g/mol. The lowest BCUT2D eigenvalue weighted by Gasteiger charge is -2.28. The highest BCUT2D eigenvalue weighted by atomic mass is 35.5. The van der Waals surface area contributed by atoms with E-state index in [1.165, 1.54) is 10.4 Å². The molecule has 4 rings (SSSR count). The molecule has 2 aromatic heterocycles. The van der Waals surface area contributed by atoms with Gasteiger partial charge in [-0.1, -0.05) is 60.7 Å². The van der Waals surface area contributed by atoms with E-state index in [0.717, 1.165) is 19.5 Å². The molecule has 0 fully saturated rings. The van der Waals surface area contributed by atoms with Crippen LogP contribution in [0.3, 0.4) is 0 Å². The molecule has 0 spiro atoms. The van der Waals surface area contributed by atoms with Crippen LogP contribution in [-0.4, -0.2) is 45.3 Å². The molecule has 0 aliphatic carbocycles. The lowest BCUT2D eigenvalue weighted by molar-refractivity contribution is -0.726. The molecule has 0 amide bonds. The number of nitrogens with zero attached hydrogens (tertiary/aromatic N) is 4. The van der Waals surface area contributed by atoms with Gasteiger partial charge in [0.25, 0.3) is 19.5 Å². The first-order valence-corrected chi connectivity index (χ1v) is 22.1. The predicted octanol–water partition coefficient (Wildman–Crippen LogP) is -2.16. The van der Waals surface area contributed by atoms with Gasteiger partial charge in [-0.25, -0.2) is 18.3 Å². The van der Waals surface area contributed by atoms with Crippen LogP contribution in [0.25, 0.3) is 0 Å². The standard InChI is InChI=1S/C31H46N4O2Si4.2ClH/c1-30(2,38-36-40(5,6)28-16-11-9-12-17-28)34-24-22-32(26-34)20-15-21-33-23-25-35(27-33)31(3,4)39-37-41(7,8)29-18-13-10-14-19-29;;/h9-14,16-19,22-27H,15,20-21H2,1-8H3;2*1H/q+2;;/p-2. The highest BCUT2D eigenvalue weighted by Gasteiger charge is 2.35. The zero-order valence-electron chi connectivity index (χ0n) is 26.7. The Balaban J connectivity index is 0.00000323. The van der Waals surface area contributed by atoms with Gasteiger partial charge in [0, 0.05) is 6.42 Å². The minimum Gasteiger partial charge on any atom is -1.00 e. The summed E-state index contributed by atoms with van der Waals surface area (Å²) in [7, 11) is -3.09. The maximum atomic E-state index is 6.60. The number of imidazole rings is 2. The van der Waals surface area contributed by atoms with E-state index in [0.29, 0.717) is 19.5 Å². The van der Waals surface area contributed by atoms with E-state index in [4.69, 9.17) is 8.23 Å². The van der Waals surface area contributed by atoms with Gasteiger partial charge in [0.1, 0.15) is 35.1 Å². The van der Waals surface area contributed by atoms with Crippen molar-refractivity contribution in [1.82, 2.24) is 9.13 Å². The SMILES string of the molecule is CC(C)([Si]O[Si](C)(C)c1ccccc1)n1cc[n+](CCC[n+]2ccn(C(C)(C)[Si]O[Si](C)(C)c3ccccc3)c2)c1.[Cl-].[Cl-]. The Labute approximate surface area is 278 Å². The van der Waals surface area contributed by atoms with Gasteiger partial charge in [-0.15, -0.1) is 0 Å². The van der Waals surface area contributed by atoms with Crippen LogP contribution in [0.15, 0.2) is 98.1 Å². The van der Waals surface area contributed by atoms with E-state index in [1.54, 1.807) is 0 Å². The number of benzene rings is 2. The lowest BCUT2D eigenvalue weighted by Crippen LogP contribution is -3.00. The van der Waals surface area contributed by atoms with Crippen LogP contribution >= 0.6 is 0 Å². The van der Waals surface area contributed by atoms with E-state index in [2.05, 4.69) is 170 Å². The maximum Gasteiger partial charge on any atom is 0.275 e. The van der Waals surface area contributed by atoms with E-state index in [9.17, 15) is 0 Å². The predicted molar refractivity (Wildman–Crippen MR) is 173 cm³/mol. The van der Waals surface area contributed by atoms with E-state index < -0.39 is 16.6 Å². The molecule has 2 aromatic carbocycles. The summed E-state index contributed by atoms with van der Waals surface area (Å²) in [5.41, 5.74) is 0. The highest BCUT2D eigenvalue weighted by Crippen LogP contribution is 2.17. The van der Waals surface area contributed by atoms with Crippen molar-refractivity contribution in [2.24, 2.45) is 0 Å². The van der Waals surface area contributed by atoms with Crippen molar-refractivity contribution < 1.29 is 42.2 Å². The molecule has 0 bridgehead atoms. The fraction of sp³-hybridized carbons (Fsp3) is 0.419. The van der Waals surface area contributed by atoms with E-state index >= 15 is 0 Å². The molecule has 0 saturated heterocycles. The van der Waals surface area contributed by atoms with Crippen LogP contribution in [0, 0.1) is 0 Å². The summed E-state index contributed by atoms with van der Waals surface area (Å²) in [5.74, 6) is 0. The second-order valence-corrected chi connectivity index (χ2v) is 24.4. The maximum absolute atomic E-state index is 6.60. The third kappa shape index (κ3) is 10.1. The molecule has 4 aromatic rings. The fourth-order valence-corrected chi connectivity index (χ4v) is 12.0. The summed E-state index contributed by atoms with van der Waals surface area (Å²) < 4.78 is 22.4. The number of hydrogen-bond donors (Lipinski definition) is 0. The van der Waals surface area contributed by atoms with Crippen molar-refractivity contribution in [3.8, 4) is 0 Å². The second kappa shape index (κ2) is 15.5. The van der Waals surface area contributed by atoms with Crippen LogP contribution in [-0.2, 0) is 31.6 Å². The monoisotopic (exact) mass is 688 g/mol. The van der Waals surface area contributed by atoms with Gasteiger partial charge in [0.05, 0.1) is 13.1 Å². The molecule has 232 valence electrons. The number of aromatic nitrogens is 4. The molecule has 0 saturated carbocycles. The first-order chi connectivity index (χ1) is 19.3. The third-order valence-electron chi connectivity index (χ3n) is 7.56. The molecule has 0 atom stereocenters. The molecule has 0 unspecified atom stereocenters. The fourth-order valence-electron chi connectivity index (χ4n) is 4.56. The molecule has 43 heavy (non-hydrogen) atoms. The Morgan fingerprint density at radius 2 is 0.977 bits per heavy atom. The lowest BCUT2D eigenvalue weighted by atomic mass is 10.4. The van der Waals surface area contributed by atoms with Gasteiger partial charge in [-0.05, 0) is 64.3 Å². The van der Waals surface area contributed by atoms with Crippen molar-refractivity contribution in [2.45, 2.75) is 83.7 Å². The minimum absolute atomic E-state index is 0.